The molecule has 0 saturated heterocycles. The number of ether oxygens (including phenoxy) is 1. The van der Waals surface area contributed by atoms with Crippen molar-refractivity contribution in [2.75, 3.05) is 13.2 Å². The molecule has 0 spiro atoms. The SMILES string of the molecule is CCC/C=C\C/C=C\CCCCCCCC(=O)OCCCCCCCCCCCCCCCCCCCCCCCCCCCCCCCCCCCCCC(=O)NC(CO)C(O)/C=C/CCCCCCCCCCCCCCCCCCCC. The summed E-state index contributed by atoms with van der Waals surface area (Å²) < 4.78 is 5.48. The molecule has 2 unspecified atom stereocenters. The van der Waals surface area contributed by atoms with Crippen molar-refractivity contribution in [2.45, 2.75) is 443 Å². The number of aliphatic hydroxyl groups is 2. The minimum atomic E-state index is -0.842. The number of hydrogen-bond acceptors (Lipinski definition) is 5. The Morgan fingerprint density at radius 1 is 0.329 bits per heavy atom. The minimum absolute atomic E-state index is 0.00742. The van der Waals surface area contributed by atoms with Crippen LogP contribution in [-0.2, 0) is 14.3 Å². The quantitative estimate of drug-likeness (QED) is 0.0320. The highest BCUT2D eigenvalue weighted by Gasteiger charge is 2.18. The Morgan fingerprint density at radius 3 is 0.941 bits per heavy atom. The number of unbranched alkanes of at least 4 members (excludes halogenated alkanes) is 58. The first-order chi connectivity index (χ1) is 42.0. The van der Waals surface area contributed by atoms with Gasteiger partial charge in [-0.15, -0.1) is 0 Å². The van der Waals surface area contributed by atoms with E-state index in [1.165, 1.54) is 353 Å². The number of hydrogen-bond donors (Lipinski definition) is 3. The molecule has 0 aliphatic rings. The van der Waals surface area contributed by atoms with Crippen molar-refractivity contribution >= 4 is 11.9 Å². The van der Waals surface area contributed by atoms with Crippen LogP contribution in [0, 0.1) is 0 Å². The first-order valence-electron chi connectivity index (χ1n) is 38.8. The van der Waals surface area contributed by atoms with E-state index < -0.39 is 12.1 Å². The summed E-state index contributed by atoms with van der Waals surface area (Å²) >= 11 is 0. The summed E-state index contributed by atoms with van der Waals surface area (Å²) in [5.41, 5.74) is 0. The van der Waals surface area contributed by atoms with E-state index in [0.717, 1.165) is 51.4 Å². The molecule has 0 aromatic carbocycles. The summed E-state index contributed by atoms with van der Waals surface area (Å²) in [6.45, 7) is 4.88. The van der Waals surface area contributed by atoms with E-state index in [1.807, 2.05) is 6.08 Å². The van der Waals surface area contributed by atoms with Crippen LogP contribution in [0.4, 0.5) is 0 Å². The summed E-state index contributed by atoms with van der Waals surface area (Å²) in [5, 5.41) is 23.3. The van der Waals surface area contributed by atoms with Gasteiger partial charge in [-0.2, -0.15) is 0 Å². The third kappa shape index (κ3) is 71.0. The number of allylic oxidation sites excluding steroid dienone is 5. The van der Waals surface area contributed by atoms with Crippen LogP contribution >= 0.6 is 0 Å². The van der Waals surface area contributed by atoms with Crippen molar-refractivity contribution in [1.82, 2.24) is 5.32 Å². The lowest BCUT2D eigenvalue weighted by molar-refractivity contribution is -0.143. The summed E-state index contributed by atoms with van der Waals surface area (Å²) in [5.74, 6) is -0.0511. The largest absolute Gasteiger partial charge is 0.466 e. The van der Waals surface area contributed by atoms with E-state index in [2.05, 4.69) is 43.5 Å². The Morgan fingerprint density at radius 2 is 0.612 bits per heavy atom. The van der Waals surface area contributed by atoms with Gasteiger partial charge in [0.2, 0.25) is 5.91 Å². The second kappa shape index (κ2) is 74.5. The average molecular weight is 1200 g/mol. The first kappa shape index (κ1) is 83.1. The normalized spacial score (nSPS) is 12.7. The molecule has 6 heteroatoms. The third-order valence-electron chi connectivity index (χ3n) is 18.1. The molecular weight excluding hydrogens is 1040 g/mol. The molecule has 0 rings (SSSR count). The number of carbonyl (C=O) groups is 2. The Hall–Kier alpha value is -1.92. The predicted molar refractivity (Wildman–Crippen MR) is 375 cm³/mol. The number of amides is 1. The van der Waals surface area contributed by atoms with Crippen molar-refractivity contribution in [3.8, 4) is 0 Å². The van der Waals surface area contributed by atoms with E-state index in [4.69, 9.17) is 4.74 Å². The lowest BCUT2D eigenvalue weighted by Gasteiger charge is -2.20. The monoisotopic (exact) mass is 1190 g/mol. The van der Waals surface area contributed by atoms with Gasteiger partial charge in [0.05, 0.1) is 25.4 Å². The fourth-order valence-electron chi connectivity index (χ4n) is 12.3. The van der Waals surface area contributed by atoms with Crippen molar-refractivity contribution in [3.05, 3.63) is 36.5 Å². The molecule has 0 heterocycles. The molecular formula is C79H151NO5. The summed E-state index contributed by atoms with van der Waals surface area (Å²) in [6.07, 6.45) is 97.0. The van der Waals surface area contributed by atoms with Crippen molar-refractivity contribution in [2.24, 2.45) is 0 Å². The molecule has 0 bridgehead atoms. The van der Waals surface area contributed by atoms with E-state index >= 15 is 0 Å². The van der Waals surface area contributed by atoms with Crippen LogP contribution in [0.15, 0.2) is 36.5 Å². The minimum Gasteiger partial charge on any atom is -0.466 e. The second-order valence-corrected chi connectivity index (χ2v) is 26.7. The van der Waals surface area contributed by atoms with Gasteiger partial charge in [-0.1, -0.05) is 397 Å². The zero-order chi connectivity index (χ0) is 61.3. The molecule has 85 heavy (non-hydrogen) atoms. The molecule has 0 aromatic heterocycles. The summed E-state index contributed by atoms with van der Waals surface area (Å²) in [6, 6.07) is -0.625. The average Bonchev–Trinajstić information content (AvgIpc) is 3.51. The van der Waals surface area contributed by atoms with Gasteiger partial charge in [-0.05, 0) is 57.8 Å². The molecule has 3 N–H and O–H groups in total. The van der Waals surface area contributed by atoms with Crippen molar-refractivity contribution in [1.29, 1.82) is 0 Å². The Labute approximate surface area is 532 Å². The molecule has 6 nitrogen and oxygen atoms in total. The van der Waals surface area contributed by atoms with E-state index in [1.54, 1.807) is 6.08 Å². The van der Waals surface area contributed by atoms with Crippen molar-refractivity contribution < 1.29 is 24.5 Å². The van der Waals surface area contributed by atoms with Crippen LogP contribution in [0.2, 0.25) is 0 Å². The van der Waals surface area contributed by atoms with Crippen LogP contribution < -0.4 is 5.32 Å². The van der Waals surface area contributed by atoms with Gasteiger partial charge in [0.1, 0.15) is 0 Å². The van der Waals surface area contributed by atoms with E-state index in [9.17, 15) is 19.8 Å². The molecule has 1 amide bonds. The van der Waals surface area contributed by atoms with Crippen LogP contribution in [0.1, 0.15) is 431 Å². The smallest absolute Gasteiger partial charge is 0.305 e. The topological polar surface area (TPSA) is 95.9 Å². The lowest BCUT2D eigenvalue weighted by Crippen LogP contribution is -2.45. The van der Waals surface area contributed by atoms with Gasteiger partial charge in [0.15, 0.2) is 0 Å². The summed E-state index contributed by atoms with van der Waals surface area (Å²) in [7, 11) is 0. The number of aliphatic hydroxyl groups excluding tert-OH is 2. The second-order valence-electron chi connectivity index (χ2n) is 26.7. The fraction of sp³-hybridized carbons (Fsp3) is 0.899. The first-order valence-corrected chi connectivity index (χ1v) is 38.8. The van der Waals surface area contributed by atoms with Crippen LogP contribution in [0.25, 0.3) is 0 Å². The molecule has 0 aromatic rings. The molecule has 0 aliphatic heterocycles. The lowest BCUT2D eigenvalue weighted by atomic mass is 10.0. The highest BCUT2D eigenvalue weighted by molar-refractivity contribution is 5.76. The van der Waals surface area contributed by atoms with Gasteiger partial charge >= 0.3 is 5.97 Å². The molecule has 0 aliphatic carbocycles. The number of rotatable bonds is 73. The standard InChI is InChI=1S/C79H151NO5/c1-3-5-7-9-11-13-15-17-18-19-20-38-41-44-48-51-55-59-63-67-71-77(82)76(75-81)80-78(83)72-68-64-60-56-52-49-45-42-39-36-34-32-30-28-26-24-22-21-23-25-27-29-31-33-35-37-40-43-46-50-54-58-62-66-70-74-85-79(84)73-69-65-61-57-53-47-16-14-12-10-8-6-4-2/h8,10,14,16,67,71,76-77,81-82H,3-7,9,11-13,15,17-66,68-70,72-75H2,1-2H3,(H,80,83)/b10-8-,16-14-,71-67+. The number of carbonyl (C=O) groups excluding carboxylic acids is 2. The highest BCUT2D eigenvalue weighted by atomic mass is 16.5. The van der Waals surface area contributed by atoms with Gasteiger partial charge in [0, 0.05) is 12.8 Å². The Bertz CT molecular complexity index is 1380. The van der Waals surface area contributed by atoms with E-state index in [-0.39, 0.29) is 18.5 Å². The number of nitrogens with one attached hydrogen (secondary N) is 1. The van der Waals surface area contributed by atoms with Gasteiger partial charge < -0.3 is 20.3 Å². The molecule has 502 valence electrons. The van der Waals surface area contributed by atoms with E-state index in [0.29, 0.717) is 19.4 Å². The maximum absolute atomic E-state index is 12.5. The third-order valence-corrected chi connectivity index (χ3v) is 18.1. The maximum atomic E-state index is 12.5. The maximum Gasteiger partial charge on any atom is 0.305 e. The zero-order valence-corrected chi connectivity index (χ0v) is 57.6. The van der Waals surface area contributed by atoms with Crippen molar-refractivity contribution in [3.63, 3.8) is 0 Å². The van der Waals surface area contributed by atoms with Gasteiger partial charge in [-0.25, -0.2) is 0 Å². The molecule has 0 radical (unpaired) electrons. The van der Waals surface area contributed by atoms with Crippen LogP contribution in [0.5, 0.6) is 0 Å². The fourth-order valence-corrected chi connectivity index (χ4v) is 12.3. The van der Waals surface area contributed by atoms with Gasteiger partial charge in [-0.3, -0.25) is 9.59 Å². The Balaban J connectivity index is 3.34. The van der Waals surface area contributed by atoms with Crippen LogP contribution in [0.3, 0.4) is 0 Å². The predicted octanol–water partition coefficient (Wildman–Crippen LogP) is 25.4. The Kier molecular flexibility index (Phi) is 72.9. The van der Waals surface area contributed by atoms with Crippen LogP contribution in [-0.4, -0.2) is 47.4 Å². The molecule has 2 atom stereocenters. The molecule has 0 saturated carbocycles. The van der Waals surface area contributed by atoms with Gasteiger partial charge in [0.25, 0.3) is 0 Å². The summed E-state index contributed by atoms with van der Waals surface area (Å²) in [4.78, 5) is 24.6. The highest BCUT2D eigenvalue weighted by Crippen LogP contribution is 2.20. The molecule has 0 fully saturated rings. The number of esters is 1. The zero-order valence-electron chi connectivity index (χ0n) is 57.6.